The zero-order chi connectivity index (χ0) is 19.4. The van der Waals surface area contributed by atoms with Crippen molar-refractivity contribution in [3.63, 3.8) is 0 Å². The van der Waals surface area contributed by atoms with Crippen LogP contribution in [0.2, 0.25) is 0 Å². The van der Waals surface area contributed by atoms with E-state index in [1.165, 1.54) is 0 Å². The van der Waals surface area contributed by atoms with Crippen molar-refractivity contribution in [2.75, 3.05) is 58.2 Å². The summed E-state index contributed by atoms with van der Waals surface area (Å²) in [4.78, 5) is 9.28. The zero-order valence-corrected chi connectivity index (χ0v) is 20.5. The summed E-state index contributed by atoms with van der Waals surface area (Å²) in [5.74, 6) is 1.61. The van der Waals surface area contributed by atoms with Gasteiger partial charge in [-0.05, 0) is 26.7 Å². The molecule has 0 bridgehead atoms. The van der Waals surface area contributed by atoms with E-state index in [1.807, 2.05) is 6.92 Å². The number of aliphatic imine (C=N–C) groups is 1. The summed E-state index contributed by atoms with van der Waals surface area (Å²) in [7, 11) is -3.05. The maximum atomic E-state index is 12.2. The Morgan fingerprint density at radius 2 is 2.04 bits per heavy atom. The van der Waals surface area contributed by atoms with Gasteiger partial charge in [-0.15, -0.1) is 24.0 Å². The number of guanidine groups is 1. The van der Waals surface area contributed by atoms with Crippen LogP contribution in [-0.2, 0) is 14.6 Å². The minimum atomic E-state index is -3.05. The number of morpholine rings is 1. The van der Waals surface area contributed by atoms with Crippen molar-refractivity contribution in [2.45, 2.75) is 45.5 Å². The first kappa shape index (κ1) is 24.9. The SMILES string of the molecule is CCNC(=NCC1CN(CC(C)C)CCO1)N1CCS(=O)(=O)C(C)(C)C1.I. The fourth-order valence-corrected chi connectivity index (χ4v) is 4.88. The van der Waals surface area contributed by atoms with Crippen LogP contribution in [0.1, 0.15) is 34.6 Å². The van der Waals surface area contributed by atoms with E-state index >= 15 is 0 Å². The van der Waals surface area contributed by atoms with Crippen LogP contribution in [0.5, 0.6) is 0 Å². The summed E-state index contributed by atoms with van der Waals surface area (Å²) in [6.07, 6.45) is 0.0951. The molecule has 1 N–H and O–H groups in total. The van der Waals surface area contributed by atoms with Gasteiger partial charge in [-0.25, -0.2) is 8.42 Å². The summed E-state index contributed by atoms with van der Waals surface area (Å²) in [6.45, 7) is 16.1. The van der Waals surface area contributed by atoms with Gasteiger partial charge >= 0.3 is 0 Å². The van der Waals surface area contributed by atoms with Crippen molar-refractivity contribution in [3.8, 4) is 0 Å². The Morgan fingerprint density at radius 3 is 2.63 bits per heavy atom. The normalized spacial score (nSPS) is 25.9. The molecular weight excluding hydrogens is 479 g/mol. The lowest BCUT2D eigenvalue weighted by Gasteiger charge is -2.39. The van der Waals surface area contributed by atoms with Crippen molar-refractivity contribution in [1.82, 2.24) is 15.1 Å². The van der Waals surface area contributed by atoms with E-state index in [9.17, 15) is 8.42 Å². The molecule has 7 nitrogen and oxygen atoms in total. The number of hydrogen-bond donors (Lipinski definition) is 1. The van der Waals surface area contributed by atoms with Gasteiger partial charge in [0.05, 0.1) is 29.8 Å². The third-order valence-corrected chi connectivity index (χ3v) is 7.50. The standard InChI is InChI=1S/C18H36N4O3S.HI/c1-6-19-17(22-8-10-26(23,24)18(4,5)14-22)20-11-16-13-21(7-9-25-16)12-15(2)3;/h15-16H,6-14H2,1-5H3,(H,19,20);1H. The molecule has 0 aliphatic carbocycles. The van der Waals surface area contributed by atoms with Gasteiger partial charge in [0.2, 0.25) is 0 Å². The third kappa shape index (κ3) is 7.01. The summed E-state index contributed by atoms with van der Waals surface area (Å²) in [5.41, 5.74) is 0. The first-order valence-corrected chi connectivity index (χ1v) is 11.4. The molecule has 0 aromatic heterocycles. The molecule has 2 rings (SSSR count). The van der Waals surface area contributed by atoms with Crippen LogP contribution in [0.4, 0.5) is 0 Å². The molecular formula is C18H37IN4O3S. The predicted octanol–water partition coefficient (Wildman–Crippen LogP) is 1.44. The number of nitrogens with zero attached hydrogens (tertiary/aromatic N) is 3. The maximum Gasteiger partial charge on any atom is 0.194 e. The van der Waals surface area contributed by atoms with Crippen LogP contribution in [0, 0.1) is 5.92 Å². The fourth-order valence-electron chi connectivity index (χ4n) is 3.51. The molecule has 9 heteroatoms. The van der Waals surface area contributed by atoms with Gasteiger partial charge in [-0.1, -0.05) is 13.8 Å². The van der Waals surface area contributed by atoms with Gasteiger partial charge in [-0.2, -0.15) is 0 Å². The van der Waals surface area contributed by atoms with Crippen LogP contribution in [0.15, 0.2) is 4.99 Å². The van der Waals surface area contributed by atoms with Crippen LogP contribution in [0.25, 0.3) is 0 Å². The second-order valence-corrected chi connectivity index (χ2v) is 11.1. The molecule has 160 valence electrons. The molecule has 1 unspecified atom stereocenters. The average molecular weight is 516 g/mol. The molecule has 2 heterocycles. The van der Waals surface area contributed by atoms with Crippen LogP contribution in [0.3, 0.4) is 0 Å². The van der Waals surface area contributed by atoms with Crippen LogP contribution >= 0.6 is 24.0 Å². The minimum Gasteiger partial charge on any atom is -0.374 e. The maximum absolute atomic E-state index is 12.2. The highest BCUT2D eigenvalue weighted by molar-refractivity contribution is 14.0. The lowest BCUT2D eigenvalue weighted by atomic mass is 10.2. The molecule has 27 heavy (non-hydrogen) atoms. The van der Waals surface area contributed by atoms with Gasteiger partial charge in [0.25, 0.3) is 0 Å². The van der Waals surface area contributed by atoms with Crippen molar-refractivity contribution in [2.24, 2.45) is 10.9 Å². The molecule has 0 aromatic carbocycles. The predicted molar refractivity (Wildman–Crippen MR) is 122 cm³/mol. The highest BCUT2D eigenvalue weighted by Crippen LogP contribution is 2.23. The molecule has 0 aromatic rings. The van der Waals surface area contributed by atoms with Gasteiger partial charge < -0.3 is 15.0 Å². The summed E-state index contributed by atoms with van der Waals surface area (Å²) >= 11 is 0. The monoisotopic (exact) mass is 516 g/mol. The lowest BCUT2D eigenvalue weighted by molar-refractivity contribution is -0.0262. The van der Waals surface area contributed by atoms with Crippen LogP contribution in [-0.4, -0.2) is 93.2 Å². The molecule has 0 spiro atoms. The van der Waals surface area contributed by atoms with E-state index in [-0.39, 0.29) is 35.8 Å². The lowest BCUT2D eigenvalue weighted by Crippen LogP contribution is -2.57. The zero-order valence-electron chi connectivity index (χ0n) is 17.4. The molecule has 2 fully saturated rings. The molecule has 0 amide bonds. The highest BCUT2D eigenvalue weighted by atomic mass is 127. The Hall–Kier alpha value is -0.130. The van der Waals surface area contributed by atoms with E-state index in [1.54, 1.807) is 13.8 Å². The Bertz CT molecular complexity index is 595. The van der Waals surface area contributed by atoms with Crippen molar-refractivity contribution in [1.29, 1.82) is 0 Å². The summed E-state index contributed by atoms with van der Waals surface area (Å²) in [6, 6.07) is 0. The molecule has 2 saturated heterocycles. The fraction of sp³-hybridized carbons (Fsp3) is 0.944. The number of ether oxygens (including phenoxy) is 1. The Labute approximate surface area is 182 Å². The number of hydrogen-bond acceptors (Lipinski definition) is 5. The molecule has 0 radical (unpaired) electrons. The number of nitrogens with one attached hydrogen (secondary N) is 1. The first-order valence-electron chi connectivity index (χ1n) is 9.74. The quantitative estimate of drug-likeness (QED) is 0.339. The molecule has 1 atom stereocenters. The van der Waals surface area contributed by atoms with Gasteiger partial charge in [-0.3, -0.25) is 9.89 Å². The Balaban J connectivity index is 0.00000364. The Kier molecular flexibility index (Phi) is 9.77. The van der Waals surface area contributed by atoms with Crippen molar-refractivity contribution < 1.29 is 13.2 Å². The molecule has 0 saturated carbocycles. The average Bonchev–Trinajstić information content (AvgIpc) is 2.54. The van der Waals surface area contributed by atoms with Gasteiger partial charge in [0.15, 0.2) is 15.8 Å². The number of sulfone groups is 1. The largest absolute Gasteiger partial charge is 0.374 e. The number of rotatable bonds is 5. The van der Waals surface area contributed by atoms with Crippen LogP contribution < -0.4 is 5.32 Å². The first-order chi connectivity index (χ1) is 12.1. The van der Waals surface area contributed by atoms with Gasteiger partial charge in [0, 0.05) is 39.3 Å². The second-order valence-electron chi connectivity index (χ2n) is 8.34. The topological polar surface area (TPSA) is 74.2 Å². The summed E-state index contributed by atoms with van der Waals surface area (Å²) in [5, 5.41) is 3.31. The Morgan fingerprint density at radius 1 is 1.33 bits per heavy atom. The molecule has 2 aliphatic rings. The van der Waals surface area contributed by atoms with E-state index in [0.717, 1.165) is 38.7 Å². The second kappa shape index (κ2) is 10.6. The molecule has 2 aliphatic heterocycles. The van der Waals surface area contributed by atoms with E-state index in [0.29, 0.717) is 25.6 Å². The smallest absolute Gasteiger partial charge is 0.194 e. The van der Waals surface area contributed by atoms with Crippen molar-refractivity contribution in [3.05, 3.63) is 0 Å². The number of halogens is 1. The van der Waals surface area contributed by atoms with Crippen molar-refractivity contribution >= 4 is 39.8 Å². The summed E-state index contributed by atoms with van der Waals surface area (Å²) < 4.78 is 29.6. The van der Waals surface area contributed by atoms with E-state index in [4.69, 9.17) is 9.73 Å². The minimum absolute atomic E-state index is 0. The third-order valence-electron chi connectivity index (χ3n) is 4.97. The highest BCUT2D eigenvalue weighted by Gasteiger charge is 2.41. The van der Waals surface area contributed by atoms with E-state index < -0.39 is 14.6 Å². The van der Waals surface area contributed by atoms with Gasteiger partial charge in [0.1, 0.15) is 0 Å². The van der Waals surface area contributed by atoms with E-state index in [2.05, 4.69) is 29.0 Å².